The Morgan fingerprint density at radius 1 is 1.10 bits per heavy atom. The van der Waals surface area contributed by atoms with Crippen LogP contribution in [0.4, 0.5) is 0 Å². The Morgan fingerprint density at radius 2 is 1.85 bits per heavy atom. The fourth-order valence-corrected chi connectivity index (χ4v) is 4.59. The minimum absolute atomic E-state index is 0.201. The highest BCUT2D eigenvalue weighted by molar-refractivity contribution is 5.46. The summed E-state index contributed by atoms with van der Waals surface area (Å²) in [4.78, 5) is 0. The smallest absolute Gasteiger partial charge is 0.112 e. The van der Waals surface area contributed by atoms with E-state index < -0.39 is 11.0 Å². The lowest BCUT2D eigenvalue weighted by atomic mass is 9.55. The Labute approximate surface area is 121 Å². The van der Waals surface area contributed by atoms with Gasteiger partial charge in [0.25, 0.3) is 0 Å². The van der Waals surface area contributed by atoms with Crippen LogP contribution in [0.1, 0.15) is 57.1 Å². The molecule has 0 spiro atoms. The van der Waals surface area contributed by atoms with Gasteiger partial charge in [-0.15, -0.1) is 0 Å². The van der Waals surface area contributed by atoms with Gasteiger partial charge in [0.05, 0.1) is 11.7 Å². The SMILES string of the molecule is CC1(C)CCCC1(O)C1(C#N)CCCc2ccccc21. The number of fused-ring (bicyclic) bond motifs is 1. The van der Waals surface area contributed by atoms with Gasteiger partial charge in [-0.05, 0) is 55.1 Å². The van der Waals surface area contributed by atoms with E-state index in [0.717, 1.165) is 44.1 Å². The summed E-state index contributed by atoms with van der Waals surface area (Å²) < 4.78 is 0. The van der Waals surface area contributed by atoms with Gasteiger partial charge < -0.3 is 5.11 Å². The molecule has 2 aliphatic carbocycles. The number of aryl methyl sites for hydroxylation is 1. The molecule has 20 heavy (non-hydrogen) atoms. The number of hydrogen-bond donors (Lipinski definition) is 1. The van der Waals surface area contributed by atoms with Crippen LogP contribution in [0, 0.1) is 16.7 Å². The number of aliphatic hydroxyl groups is 1. The zero-order valence-corrected chi connectivity index (χ0v) is 12.4. The summed E-state index contributed by atoms with van der Waals surface area (Å²) >= 11 is 0. The molecule has 0 radical (unpaired) electrons. The highest BCUT2D eigenvalue weighted by Crippen LogP contribution is 2.58. The van der Waals surface area contributed by atoms with E-state index in [-0.39, 0.29) is 5.41 Å². The van der Waals surface area contributed by atoms with Crippen LogP contribution in [-0.4, -0.2) is 10.7 Å². The van der Waals surface area contributed by atoms with E-state index in [1.54, 1.807) is 0 Å². The average Bonchev–Trinajstić information content (AvgIpc) is 2.73. The second kappa shape index (κ2) is 4.33. The summed E-state index contributed by atoms with van der Waals surface area (Å²) in [6.07, 6.45) is 5.53. The van der Waals surface area contributed by atoms with E-state index in [0.29, 0.717) is 0 Å². The van der Waals surface area contributed by atoms with Crippen LogP contribution in [0.5, 0.6) is 0 Å². The van der Waals surface area contributed by atoms with E-state index in [1.165, 1.54) is 5.56 Å². The molecule has 2 unspecified atom stereocenters. The maximum atomic E-state index is 11.5. The Hall–Kier alpha value is -1.33. The molecule has 1 fully saturated rings. The van der Waals surface area contributed by atoms with Gasteiger partial charge in [0.1, 0.15) is 5.41 Å². The van der Waals surface area contributed by atoms with Gasteiger partial charge in [-0.1, -0.05) is 38.1 Å². The molecular formula is C18H23NO. The van der Waals surface area contributed by atoms with Crippen molar-refractivity contribution in [2.45, 2.75) is 63.4 Å². The van der Waals surface area contributed by atoms with E-state index in [9.17, 15) is 10.4 Å². The van der Waals surface area contributed by atoms with Crippen molar-refractivity contribution in [2.75, 3.05) is 0 Å². The summed E-state index contributed by atoms with van der Waals surface area (Å²) in [6, 6.07) is 10.8. The average molecular weight is 269 g/mol. The lowest BCUT2D eigenvalue weighted by Gasteiger charge is -2.50. The molecule has 0 heterocycles. The van der Waals surface area contributed by atoms with Gasteiger partial charge in [0.15, 0.2) is 0 Å². The van der Waals surface area contributed by atoms with Gasteiger partial charge in [-0.25, -0.2) is 0 Å². The largest absolute Gasteiger partial charge is 0.387 e. The van der Waals surface area contributed by atoms with Gasteiger partial charge in [0, 0.05) is 0 Å². The minimum Gasteiger partial charge on any atom is -0.387 e. The Kier molecular flexibility index (Phi) is 2.95. The van der Waals surface area contributed by atoms with Crippen molar-refractivity contribution in [1.82, 2.24) is 0 Å². The molecule has 3 rings (SSSR count). The minimum atomic E-state index is -0.911. The monoisotopic (exact) mass is 269 g/mol. The first-order chi connectivity index (χ1) is 9.47. The molecule has 2 aliphatic rings. The third-order valence-electron chi connectivity index (χ3n) is 5.83. The van der Waals surface area contributed by atoms with Crippen LogP contribution in [0.25, 0.3) is 0 Å². The van der Waals surface area contributed by atoms with Gasteiger partial charge in [-0.2, -0.15) is 5.26 Å². The van der Waals surface area contributed by atoms with E-state index in [4.69, 9.17) is 0 Å². The van der Waals surface area contributed by atoms with Crippen molar-refractivity contribution >= 4 is 0 Å². The number of nitrogens with zero attached hydrogens (tertiary/aromatic N) is 1. The summed E-state index contributed by atoms with van der Waals surface area (Å²) in [5, 5.41) is 21.6. The number of nitriles is 1. The summed E-state index contributed by atoms with van der Waals surface area (Å²) in [7, 11) is 0. The zero-order chi connectivity index (χ0) is 14.4. The molecule has 0 bridgehead atoms. The van der Waals surface area contributed by atoms with Crippen LogP contribution in [0.3, 0.4) is 0 Å². The van der Waals surface area contributed by atoms with E-state index >= 15 is 0 Å². The molecule has 2 nitrogen and oxygen atoms in total. The molecule has 1 aromatic carbocycles. The highest BCUT2D eigenvalue weighted by atomic mass is 16.3. The molecule has 2 heteroatoms. The summed E-state index contributed by atoms with van der Waals surface area (Å²) in [6.45, 7) is 4.24. The number of hydrogen-bond acceptors (Lipinski definition) is 2. The van der Waals surface area contributed by atoms with Crippen molar-refractivity contribution < 1.29 is 5.11 Å². The van der Waals surface area contributed by atoms with Crippen molar-refractivity contribution in [1.29, 1.82) is 5.26 Å². The predicted octanol–water partition coefficient (Wildman–Crippen LogP) is 3.73. The van der Waals surface area contributed by atoms with Gasteiger partial charge in [0.2, 0.25) is 0 Å². The van der Waals surface area contributed by atoms with Crippen LogP contribution < -0.4 is 0 Å². The molecule has 0 amide bonds. The van der Waals surface area contributed by atoms with E-state index in [1.807, 2.05) is 12.1 Å². The first-order valence-corrected chi connectivity index (χ1v) is 7.69. The summed E-state index contributed by atoms with van der Waals surface area (Å²) in [5.74, 6) is 0. The van der Waals surface area contributed by atoms with Crippen molar-refractivity contribution in [3.05, 3.63) is 35.4 Å². The van der Waals surface area contributed by atoms with Crippen LogP contribution in [-0.2, 0) is 11.8 Å². The van der Waals surface area contributed by atoms with Crippen LogP contribution >= 0.6 is 0 Å². The highest BCUT2D eigenvalue weighted by Gasteiger charge is 2.62. The molecule has 0 saturated heterocycles. The maximum Gasteiger partial charge on any atom is 0.112 e. The first kappa shape index (κ1) is 13.6. The lowest BCUT2D eigenvalue weighted by Crippen LogP contribution is -2.58. The first-order valence-electron chi connectivity index (χ1n) is 7.69. The zero-order valence-electron chi connectivity index (χ0n) is 12.4. The van der Waals surface area contributed by atoms with Crippen molar-refractivity contribution in [2.24, 2.45) is 5.41 Å². The van der Waals surface area contributed by atoms with E-state index in [2.05, 4.69) is 32.0 Å². The Bertz CT molecular complexity index is 571. The van der Waals surface area contributed by atoms with Crippen LogP contribution in [0.15, 0.2) is 24.3 Å². The molecule has 1 aromatic rings. The quantitative estimate of drug-likeness (QED) is 0.844. The maximum absolute atomic E-state index is 11.5. The molecule has 0 aliphatic heterocycles. The Morgan fingerprint density at radius 3 is 2.50 bits per heavy atom. The van der Waals surface area contributed by atoms with Gasteiger partial charge in [-0.3, -0.25) is 0 Å². The standard InChI is InChI=1S/C18H23NO/c1-16(2)10-6-12-18(16,20)17(13-19)11-5-8-14-7-3-4-9-15(14)17/h3-4,7,9,20H,5-6,8,10-12H2,1-2H3. The second-order valence-corrected chi connectivity index (χ2v) is 7.13. The normalized spacial score (nSPS) is 35.3. The fourth-order valence-electron chi connectivity index (χ4n) is 4.59. The third kappa shape index (κ3) is 1.53. The second-order valence-electron chi connectivity index (χ2n) is 7.13. The Balaban J connectivity index is 2.22. The predicted molar refractivity (Wildman–Crippen MR) is 79.3 cm³/mol. The summed E-state index contributed by atoms with van der Waals surface area (Å²) in [5.41, 5.74) is 0.475. The van der Waals surface area contributed by atoms with Crippen LogP contribution in [0.2, 0.25) is 0 Å². The molecule has 1 N–H and O–H groups in total. The topological polar surface area (TPSA) is 44.0 Å². The third-order valence-corrected chi connectivity index (χ3v) is 5.83. The van der Waals surface area contributed by atoms with Gasteiger partial charge >= 0.3 is 0 Å². The van der Waals surface area contributed by atoms with Crippen molar-refractivity contribution in [3.8, 4) is 6.07 Å². The lowest BCUT2D eigenvalue weighted by molar-refractivity contribution is -0.0947. The fraction of sp³-hybridized carbons (Fsp3) is 0.611. The number of benzene rings is 1. The molecular weight excluding hydrogens is 246 g/mol. The number of rotatable bonds is 1. The molecule has 1 saturated carbocycles. The van der Waals surface area contributed by atoms with Crippen molar-refractivity contribution in [3.63, 3.8) is 0 Å². The molecule has 0 aromatic heterocycles. The molecule has 106 valence electrons. The molecule has 2 atom stereocenters.